The Balaban J connectivity index is 1.38. The van der Waals surface area contributed by atoms with Crippen LogP contribution in [-0.2, 0) is 9.59 Å². The number of carbonyl (C=O) groups excluding carboxylic acids is 4. The smallest absolute Gasteiger partial charge is 0.325 e. The average molecular weight is 434 g/mol. The summed E-state index contributed by atoms with van der Waals surface area (Å²) < 4.78 is 0. The van der Waals surface area contributed by atoms with Gasteiger partial charge in [0.25, 0.3) is 11.8 Å². The van der Waals surface area contributed by atoms with E-state index in [0.717, 1.165) is 23.3 Å². The number of nitrogens with zero attached hydrogens (tertiary/aromatic N) is 1. The molecule has 3 N–H and O–H groups in total. The standard InChI is InChI=1S/C24H26N4O4/c1-16-7-6-8-17(15-16)25-21(30)18-9-2-3-10-19(18)26-20(29)11-14-28-22(31)24(27-23(28)32)12-4-5-13-24/h2-3,6-10,15H,4-5,11-14H2,1H3,(H,25,30)(H,26,29)(H,27,32). The van der Waals surface area contributed by atoms with Crippen LogP contribution in [0.3, 0.4) is 0 Å². The van der Waals surface area contributed by atoms with E-state index in [0.29, 0.717) is 29.8 Å². The quantitative estimate of drug-likeness (QED) is 0.605. The van der Waals surface area contributed by atoms with Crippen molar-refractivity contribution in [2.45, 2.75) is 44.6 Å². The first-order valence-corrected chi connectivity index (χ1v) is 10.8. The number of rotatable bonds is 6. The van der Waals surface area contributed by atoms with Crippen molar-refractivity contribution < 1.29 is 19.2 Å². The molecule has 4 rings (SSSR count). The van der Waals surface area contributed by atoms with E-state index in [-0.39, 0.29) is 30.7 Å². The molecule has 0 radical (unpaired) electrons. The number of nitrogens with one attached hydrogen (secondary N) is 3. The van der Waals surface area contributed by atoms with Gasteiger partial charge in [0, 0.05) is 18.7 Å². The van der Waals surface area contributed by atoms with Crippen molar-refractivity contribution in [1.82, 2.24) is 10.2 Å². The van der Waals surface area contributed by atoms with Crippen molar-refractivity contribution in [2.24, 2.45) is 0 Å². The molecule has 2 aliphatic rings. The molecule has 5 amide bonds. The zero-order chi connectivity index (χ0) is 22.7. The van der Waals surface area contributed by atoms with E-state index in [1.165, 1.54) is 0 Å². The van der Waals surface area contributed by atoms with Crippen LogP contribution in [0, 0.1) is 6.92 Å². The van der Waals surface area contributed by atoms with Gasteiger partial charge in [-0.05, 0) is 49.6 Å². The third-order valence-electron chi connectivity index (χ3n) is 5.99. The molecule has 2 aromatic rings. The highest BCUT2D eigenvalue weighted by Crippen LogP contribution is 2.35. The number of urea groups is 1. The zero-order valence-electron chi connectivity index (χ0n) is 17.9. The molecule has 2 fully saturated rings. The van der Waals surface area contributed by atoms with Gasteiger partial charge >= 0.3 is 6.03 Å². The molecule has 1 saturated heterocycles. The Morgan fingerprint density at radius 1 is 1.03 bits per heavy atom. The van der Waals surface area contributed by atoms with Crippen LogP contribution in [0.4, 0.5) is 16.2 Å². The Morgan fingerprint density at radius 3 is 2.53 bits per heavy atom. The van der Waals surface area contributed by atoms with Crippen LogP contribution >= 0.6 is 0 Å². The van der Waals surface area contributed by atoms with Gasteiger partial charge < -0.3 is 16.0 Å². The maximum Gasteiger partial charge on any atom is 0.325 e. The molecule has 1 aliphatic heterocycles. The summed E-state index contributed by atoms with van der Waals surface area (Å²) in [4.78, 5) is 51.4. The fourth-order valence-electron chi connectivity index (χ4n) is 4.33. The lowest BCUT2D eigenvalue weighted by molar-refractivity contribution is -0.131. The van der Waals surface area contributed by atoms with Gasteiger partial charge in [-0.2, -0.15) is 0 Å². The summed E-state index contributed by atoms with van der Waals surface area (Å²) in [6, 6.07) is 13.7. The number of carbonyl (C=O) groups is 4. The lowest BCUT2D eigenvalue weighted by atomic mass is 9.98. The van der Waals surface area contributed by atoms with Crippen LogP contribution in [0.1, 0.15) is 48.0 Å². The van der Waals surface area contributed by atoms with Gasteiger partial charge in [0.1, 0.15) is 5.54 Å². The van der Waals surface area contributed by atoms with E-state index in [1.807, 2.05) is 25.1 Å². The first-order chi connectivity index (χ1) is 15.4. The van der Waals surface area contributed by atoms with Crippen LogP contribution in [0.2, 0.25) is 0 Å². The molecule has 0 aromatic heterocycles. The van der Waals surface area contributed by atoms with Crippen LogP contribution in [0.5, 0.6) is 0 Å². The maximum atomic E-state index is 12.8. The minimum absolute atomic E-state index is 0.00406. The van der Waals surface area contributed by atoms with Crippen molar-refractivity contribution in [3.63, 3.8) is 0 Å². The van der Waals surface area contributed by atoms with E-state index in [1.54, 1.807) is 30.3 Å². The number of benzene rings is 2. The molecule has 1 aliphatic carbocycles. The number of para-hydroxylation sites is 1. The van der Waals surface area contributed by atoms with E-state index in [9.17, 15) is 19.2 Å². The second-order valence-corrected chi connectivity index (χ2v) is 8.34. The van der Waals surface area contributed by atoms with Crippen LogP contribution in [0.15, 0.2) is 48.5 Å². The maximum absolute atomic E-state index is 12.8. The molecule has 0 bridgehead atoms. The third kappa shape index (κ3) is 4.34. The Morgan fingerprint density at radius 2 is 1.78 bits per heavy atom. The van der Waals surface area contributed by atoms with Gasteiger partial charge in [0.05, 0.1) is 11.3 Å². The zero-order valence-corrected chi connectivity index (χ0v) is 17.9. The fraction of sp³-hybridized carbons (Fsp3) is 0.333. The van der Waals surface area contributed by atoms with E-state index < -0.39 is 11.6 Å². The summed E-state index contributed by atoms with van der Waals surface area (Å²) in [5, 5.41) is 8.37. The lowest BCUT2D eigenvalue weighted by Crippen LogP contribution is -2.44. The van der Waals surface area contributed by atoms with Crippen molar-refractivity contribution in [2.75, 3.05) is 17.2 Å². The predicted octanol–water partition coefficient (Wildman–Crippen LogP) is 3.44. The summed E-state index contributed by atoms with van der Waals surface area (Å²) >= 11 is 0. The highest BCUT2D eigenvalue weighted by molar-refractivity contribution is 6.10. The summed E-state index contributed by atoms with van der Waals surface area (Å²) in [5.74, 6) is -0.969. The third-order valence-corrected chi connectivity index (χ3v) is 5.99. The number of aryl methyl sites for hydroxylation is 1. The highest BCUT2D eigenvalue weighted by Gasteiger charge is 2.52. The molecule has 1 saturated carbocycles. The molecular weight excluding hydrogens is 408 g/mol. The molecule has 1 heterocycles. The summed E-state index contributed by atoms with van der Waals surface area (Å²) in [6.45, 7) is 1.93. The SMILES string of the molecule is Cc1cccc(NC(=O)c2ccccc2NC(=O)CCN2C(=O)NC3(CCCC3)C2=O)c1. The predicted molar refractivity (Wildman–Crippen MR) is 120 cm³/mol. The normalized spacial score (nSPS) is 16.8. The molecule has 0 unspecified atom stereocenters. The van der Waals surface area contributed by atoms with Crippen molar-refractivity contribution in [3.05, 3.63) is 59.7 Å². The molecule has 166 valence electrons. The topological polar surface area (TPSA) is 108 Å². The number of amides is 5. The Bertz CT molecular complexity index is 1080. The molecule has 8 nitrogen and oxygen atoms in total. The summed E-state index contributed by atoms with van der Waals surface area (Å²) in [5.41, 5.74) is 1.59. The Labute approximate surface area is 186 Å². The summed E-state index contributed by atoms with van der Waals surface area (Å²) in [7, 11) is 0. The molecule has 8 heteroatoms. The van der Waals surface area contributed by atoms with Crippen molar-refractivity contribution in [3.8, 4) is 0 Å². The lowest BCUT2D eigenvalue weighted by Gasteiger charge is -2.20. The molecule has 32 heavy (non-hydrogen) atoms. The Kier molecular flexibility index (Phi) is 5.94. The monoisotopic (exact) mass is 434 g/mol. The second-order valence-electron chi connectivity index (χ2n) is 8.34. The largest absolute Gasteiger partial charge is 0.325 e. The number of hydrogen-bond donors (Lipinski definition) is 3. The van der Waals surface area contributed by atoms with Gasteiger partial charge in [0.2, 0.25) is 5.91 Å². The van der Waals surface area contributed by atoms with Crippen molar-refractivity contribution >= 4 is 35.1 Å². The summed E-state index contributed by atoms with van der Waals surface area (Å²) in [6.07, 6.45) is 3.04. The molecule has 0 atom stereocenters. The van der Waals surface area contributed by atoms with Gasteiger partial charge in [0.15, 0.2) is 0 Å². The van der Waals surface area contributed by atoms with Gasteiger partial charge in [-0.15, -0.1) is 0 Å². The van der Waals surface area contributed by atoms with Gasteiger partial charge in [-0.3, -0.25) is 19.3 Å². The molecule has 2 aromatic carbocycles. The van der Waals surface area contributed by atoms with Gasteiger partial charge in [-0.25, -0.2) is 4.79 Å². The fourth-order valence-corrected chi connectivity index (χ4v) is 4.33. The second kappa shape index (κ2) is 8.82. The number of anilines is 2. The number of hydrogen-bond acceptors (Lipinski definition) is 4. The highest BCUT2D eigenvalue weighted by atomic mass is 16.2. The molecule has 1 spiro atoms. The molecular formula is C24H26N4O4. The Hall–Kier alpha value is -3.68. The van der Waals surface area contributed by atoms with Crippen LogP contribution in [0.25, 0.3) is 0 Å². The van der Waals surface area contributed by atoms with E-state index in [4.69, 9.17) is 0 Å². The number of imide groups is 1. The van der Waals surface area contributed by atoms with Crippen LogP contribution < -0.4 is 16.0 Å². The average Bonchev–Trinajstić information content (AvgIpc) is 3.32. The van der Waals surface area contributed by atoms with E-state index in [2.05, 4.69) is 16.0 Å². The van der Waals surface area contributed by atoms with Gasteiger partial charge in [-0.1, -0.05) is 37.1 Å². The van der Waals surface area contributed by atoms with Crippen molar-refractivity contribution in [1.29, 1.82) is 0 Å². The first-order valence-electron chi connectivity index (χ1n) is 10.8. The first kappa shape index (κ1) is 21.5. The van der Waals surface area contributed by atoms with Crippen LogP contribution in [-0.4, -0.2) is 40.7 Å². The van der Waals surface area contributed by atoms with E-state index >= 15 is 0 Å². The minimum Gasteiger partial charge on any atom is -0.325 e. The minimum atomic E-state index is -0.784.